The van der Waals surface area contributed by atoms with Gasteiger partial charge in [0.1, 0.15) is 23.1 Å². The number of nitrogens with zero attached hydrogens (tertiary/aromatic N) is 5. The highest BCUT2D eigenvalue weighted by molar-refractivity contribution is 7.79. The number of anilines is 3. The maximum absolute atomic E-state index is 6.77. The van der Waals surface area contributed by atoms with Crippen molar-refractivity contribution in [2.24, 2.45) is 7.05 Å². The van der Waals surface area contributed by atoms with E-state index in [1.54, 1.807) is 0 Å². The van der Waals surface area contributed by atoms with Gasteiger partial charge in [-0.3, -0.25) is 4.90 Å². The maximum Gasteiger partial charge on any atom is 0.174 e. The van der Waals surface area contributed by atoms with E-state index in [9.17, 15) is 0 Å². The van der Waals surface area contributed by atoms with Crippen LogP contribution in [-0.4, -0.2) is 26.8 Å². The number of rotatable bonds is 6. The van der Waals surface area contributed by atoms with Crippen molar-refractivity contribution in [1.29, 1.82) is 0 Å². The fraction of sp³-hybridized carbons (Fsp3) is 0.0204. The van der Waals surface area contributed by atoms with Crippen LogP contribution in [0.3, 0.4) is 0 Å². The molecular weight excluding hydrogens is 734 g/mol. The summed E-state index contributed by atoms with van der Waals surface area (Å²) in [5.41, 5.74) is 8.73. The van der Waals surface area contributed by atoms with E-state index in [0.717, 1.165) is 56.8 Å². The molecule has 0 bridgehead atoms. The number of fused-ring (bicyclic) bond motifs is 7. The number of imidazole rings is 1. The molecule has 3 aromatic heterocycles. The van der Waals surface area contributed by atoms with Crippen molar-refractivity contribution in [3.8, 4) is 28.6 Å². The fourth-order valence-electron chi connectivity index (χ4n) is 8.82. The molecule has 4 heterocycles. The predicted octanol–water partition coefficient (Wildman–Crippen LogP) is 10.1. The second kappa shape index (κ2) is 13.2. The summed E-state index contributed by atoms with van der Waals surface area (Å²) in [4.78, 5) is 12.3. The van der Waals surface area contributed by atoms with E-state index in [0.29, 0.717) is 0 Å². The Hall–Kier alpha value is -6.79. The molecule has 8 heteroatoms. The Kier molecular flexibility index (Phi) is 7.74. The highest BCUT2D eigenvalue weighted by atomic mass is 31.3. The molecule has 6 nitrogen and oxygen atoms in total. The van der Waals surface area contributed by atoms with Gasteiger partial charge < -0.3 is 13.9 Å². The largest absolute Gasteiger partial charge is 0.457 e. The summed E-state index contributed by atoms with van der Waals surface area (Å²) in [7, 11) is 2.71. The molecule has 272 valence electrons. The first-order valence-corrected chi connectivity index (χ1v) is 22.9. The zero-order valence-electron chi connectivity index (χ0n) is 31.1. The van der Waals surface area contributed by atoms with Gasteiger partial charge in [0.15, 0.2) is 7.74 Å². The lowest BCUT2D eigenvalue weighted by atomic mass is 10.1. The van der Waals surface area contributed by atoms with E-state index in [1.807, 2.05) is 36.5 Å². The van der Waals surface area contributed by atoms with Gasteiger partial charge in [0.05, 0.1) is 27.8 Å². The van der Waals surface area contributed by atoms with Gasteiger partial charge >= 0.3 is 0 Å². The molecule has 0 radical (unpaired) electrons. The van der Waals surface area contributed by atoms with Crippen molar-refractivity contribution >= 4 is 82.1 Å². The van der Waals surface area contributed by atoms with Gasteiger partial charge in [-0.25, -0.2) is 9.97 Å². The van der Waals surface area contributed by atoms with Crippen LogP contribution in [0.2, 0.25) is 0 Å². The van der Waals surface area contributed by atoms with Crippen LogP contribution in [0.25, 0.3) is 49.9 Å². The summed E-state index contributed by atoms with van der Waals surface area (Å²) < 4.78 is 11.3. The van der Waals surface area contributed by atoms with Crippen LogP contribution < -0.4 is 25.2 Å². The third kappa shape index (κ3) is 5.20. The van der Waals surface area contributed by atoms with Gasteiger partial charge in [-0.1, -0.05) is 103 Å². The molecule has 2 atom stereocenters. The molecule has 11 rings (SSSR count). The number of hydrogen-bond acceptors (Lipinski definition) is 4. The molecule has 1 aliphatic heterocycles. The average Bonchev–Trinajstić information content (AvgIpc) is 3.79. The number of aromatic nitrogens is 4. The van der Waals surface area contributed by atoms with E-state index in [1.165, 1.54) is 37.4 Å². The SMILES string of the molecule is Cn1c(-c2cccc(Oc3ccc4c(c3)N(c3ccccn3)c3ccc5c(c3[Si]4(P)c3ccccc3)c3ccccc3n5-c3ccccc3)c2)nc2ccccc21. The first kappa shape index (κ1) is 33.5. The minimum atomic E-state index is -2.82. The van der Waals surface area contributed by atoms with Crippen LogP contribution >= 0.6 is 8.79 Å². The minimum absolute atomic E-state index is 0.743. The number of ether oxygens (including phenoxy) is 1. The molecule has 0 spiro atoms. The molecular formula is C49H36N5OPSi. The first-order chi connectivity index (χ1) is 28.1. The number of aryl methyl sites for hydroxylation is 1. The summed E-state index contributed by atoms with van der Waals surface area (Å²) >= 11 is 0. The lowest BCUT2D eigenvalue weighted by molar-refractivity contribution is 0.483. The van der Waals surface area contributed by atoms with Crippen LogP contribution in [0.15, 0.2) is 188 Å². The van der Waals surface area contributed by atoms with Crippen molar-refractivity contribution in [3.05, 3.63) is 188 Å². The summed E-state index contributed by atoms with van der Waals surface area (Å²) in [5, 5.41) is 6.41. The van der Waals surface area contributed by atoms with Crippen LogP contribution in [0.5, 0.6) is 11.5 Å². The smallest absolute Gasteiger partial charge is 0.174 e. The van der Waals surface area contributed by atoms with Crippen LogP contribution in [0.1, 0.15) is 0 Å². The van der Waals surface area contributed by atoms with E-state index >= 15 is 0 Å². The van der Waals surface area contributed by atoms with E-state index in [2.05, 4.69) is 182 Å². The monoisotopic (exact) mass is 769 g/mol. The minimum Gasteiger partial charge on any atom is -0.457 e. The third-order valence-corrected chi connectivity index (χ3v) is 17.9. The Labute approximate surface area is 333 Å². The predicted molar refractivity (Wildman–Crippen MR) is 240 cm³/mol. The average molecular weight is 770 g/mol. The Morgan fingerprint density at radius 1 is 0.596 bits per heavy atom. The van der Waals surface area contributed by atoms with Gasteiger partial charge in [0.25, 0.3) is 0 Å². The summed E-state index contributed by atoms with van der Waals surface area (Å²) in [6.45, 7) is 0. The second-order valence-corrected chi connectivity index (χ2v) is 20.4. The van der Waals surface area contributed by atoms with Crippen molar-refractivity contribution in [2.75, 3.05) is 4.90 Å². The maximum atomic E-state index is 6.77. The topological polar surface area (TPSA) is 48.1 Å². The summed E-state index contributed by atoms with van der Waals surface area (Å²) in [5.74, 6) is 3.23. The van der Waals surface area contributed by atoms with Gasteiger partial charge in [-0.2, -0.15) is 0 Å². The standard InChI is InChI=1S/C49H36N5OPSi/c1-52-41-24-11-9-22-39(41)51-49(52)33-15-14-18-35(31-33)55-36-26-29-45-44(32-36)54(46-25-12-13-30-50-46)43-28-27-42-47(48(43)57(45,56)37-19-6-3-7-20-37)38-21-8-10-23-40(38)53(42)34-16-4-2-5-17-34/h2-32H,56H2,1H3. The quantitative estimate of drug-likeness (QED) is 0.125. The molecule has 2 unspecified atom stereocenters. The molecule has 0 saturated heterocycles. The van der Waals surface area contributed by atoms with Gasteiger partial charge in [0, 0.05) is 47.0 Å². The number of benzene rings is 7. The van der Waals surface area contributed by atoms with Crippen molar-refractivity contribution < 1.29 is 4.74 Å². The molecule has 0 N–H and O–H groups in total. The van der Waals surface area contributed by atoms with Crippen LogP contribution in [0.4, 0.5) is 17.2 Å². The van der Waals surface area contributed by atoms with Crippen molar-refractivity contribution in [2.45, 2.75) is 0 Å². The molecule has 0 amide bonds. The van der Waals surface area contributed by atoms with Crippen molar-refractivity contribution in [3.63, 3.8) is 0 Å². The number of pyridine rings is 1. The van der Waals surface area contributed by atoms with Gasteiger partial charge in [-0.05, 0) is 88.4 Å². The lowest BCUT2D eigenvalue weighted by Gasteiger charge is -2.42. The lowest BCUT2D eigenvalue weighted by Crippen LogP contribution is -2.66. The number of para-hydroxylation sites is 4. The summed E-state index contributed by atoms with van der Waals surface area (Å²) in [6.07, 6.45) is 1.87. The molecule has 7 aromatic carbocycles. The normalized spacial score (nSPS) is 14.9. The van der Waals surface area contributed by atoms with Gasteiger partial charge in [-0.15, -0.1) is 8.79 Å². The molecule has 0 saturated carbocycles. The Morgan fingerprint density at radius 2 is 1.33 bits per heavy atom. The first-order valence-electron chi connectivity index (χ1n) is 19.1. The number of hydrogen-bond donors (Lipinski definition) is 0. The highest BCUT2D eigenvalue weighted by Crippen LogP contribution is 2.45. The Balaban J connectivity index is 1.14. The molecule has 0 aliphatic carbocycles. The van der Waals surface area contributed by atoms with E-state index < -0.39 is 7.74 Å². The van der Waals surface area contributed by atoms with E-state index in [4.69, 9.17) is 14.7 Å². The molecule has 1 aliphatic rings. The van der Waals surface area contributed by atoms with Gasteiger partial charge in [0.2, 0.25) is 0 Å². The highest BCUT2D eigenvalue weighted by Gasteiger charge is 2.46. The molecule has 57 heavy (non-hydrogen) atoms. The zero-order valence-corrected chi connectivity index (χ0v) is 33.3. The molecule has 0 fully saturated rings. The zero-order chi connectivity index (χ0) is 38.1. The molecule has 10 aromatic rings. The third-order valence-electron chi connectivity index (χ3n) is 11.3. The van der Waals surface area contributed by atoms with Crippen LogP contribution in [0, 0.1) is 0 Å². The van der Waals surface area contributed by atoms with Crippen molar-refractivity contribution in [1.82, 2.24) is 19.1 Å². The fourth-order valence-corrected chi connectivity index (χ4v) is 14.8. The van der Waals surface area contributed by atoms with E-state index in [-0.39, 0.29) is 0 Å². The Bertz CT molecular complexity index is 3150. The Morgan fingerprint density at radius 3 is 2.14 bits per heavy atom. The van der Waals surface area contributed by atoms with Crippen LogP contribution in [-0.2, 0) is 7.05 Å². The second-order valence-electron chi connectivity index (χ2n) is 14.5. The summed E-state index contributed by atoms with van der Waals surface area (Å²) in [6, 6.07) is 64.3.